The van der Waals surface area contributed by atoms with E-state index >= 15 is 0 Å². The lowest BCUT2D eigenvalue weighted by molar-refractivity contribution is 1.09. The Hall–Kier alpha value is -2.23. The molecule has 0 saturated carbocycles. The molecule has 3 aromatic rings. The number of benzene rings is 2. The molecule has 0 saturated heterocycles. The number of anilines is 2. The zero-order valence-corrected chi connectivity index (χ0v) is 14.5. The van der Waals surface area contributed by atoms with Crippen LogP contribution in [0.1, 0.15) is 16.7 Å². The van der Waals surface area contributed by atoms with Crippen LogP contribution < -0.4 is 11.1 Å². The normalized spacial score (nSPS) is 10.6. The summed E-state index contributed by atoms with van der Waals surface area (Å²) in [7, 11) is 0. The number of halogens is 2. The third kappa shape index (κ3) is 3.99. The maximum atomic E-state index is 6.20. The van der Waals surface area contributed by atoms with E-state index in [0.717, 1.165) is 32.6 Å². The quantitative estimate of drug-likeness (QED) is 0.661. The predicted octanol–water partition coefficient (Wildman–Crippen LogP) is 5.17. The minimum absolute atomic E-state index is 0.499. The molecule has 3 nitrogen and oxygen atoms in total. The molecule has 0 aliphatic carbocycles. The molecule has 1 aromatic heterocycles. The number of aromatic nitrogens is 1. The third-order valence-corrected chi connectivity index (χ3v) is 4.51. The number of nitrogens with one attached hydrogen (secondary N) is 1. The fraction of sp³-hybridized carbons (Fsp3) is 0.105. The van der Waals surface area contributed by atoms with E-state index in [-0.39, 0.29) is 0 Å². The maximum Gasteiger partial charge on any atom is 0.129 e. The van der Waals surface area contributed by atoms with Crippen LogP contribution >= 0.6 is 23.2 Å². The van der Waals surface area contributed by atoms with E-state index < -0.39 is 0 Å². The highest BCUT2D eigenvalue weighted by Crippen LogP contribution is 2.23. The summed E-state index contributed by atoms with van der Waals surface area (Å²) in [6.45, 7) is 0.593. The van der Waals surface area contributed by atoms with Gasteiger partial charge in [0, 0.05) is 23.0 Å². The fourth-order valence-electron chi connectivity index (χ4n) is 2.43. The molecule has 0 atom stereocenters. The van der Waals surface area contributed by atoms with Gasteiger partial charge < -0.3 is 11.1 Å². The van der Waals surface area contributed by atoms with Crippen molar-refractivity contribution in [2.45, 2.75) is 13.0 Å². The lowest BCUT2D eigenvalue weighted by Crippen LogP contribution is -2.05. The highest BCUT2D eigenvalue weighted by Gasteiger charge is 2.07. The Balaban J connectivity index is 1.71. The van der Waals surface area contributed by atoms with Gasteiger partial charge in [-0.2, -0.15) is 0 Å². The summed E-state index contributed by atoms with van der Waals surface area (Å²) in [5, 5.41) is 4.71. The lowest BCUT2D eigenvalue weighted by atomic mass is 10.1. The molecule has 1 heterocycles. The third-order valence-electron chi connectivity index (χ3n) is 3.77. The molecular formula is C19H17Cl2N3. The first-order valence-corrected chi connectivity index (χ1v) is 8.35. The molecule has 2 aromatic carbocycles. The fourth-order valence-corrected chi connectivity index (χ4v) is 2.83. The first kappa shape index (κ1) is 16.6. The second-order valence-corrected chi connectivity index (χ2v) is 6.27. The van der Waals surface area contributed by atoms with Gasteiger partial charge in [-0.15, -0.1) is 0 Å². The average molecular weight is 358 g/mol. The molecule has 3 rings (SSSR count). The van der Waals surface area contributed by atoms with Gasteiger partial charge in [-0.25, -0.2) is 4.98 Å². The van der Waals surface area contributed by atoms with Gasteiger partial charge in [-0.1, -0.05) is 65.7 Å². The van der Waals surface area contributed by atoms with Crippen molar-refractivity contribution < 1.29 is 0 Å². The van der Waals surface area contributed by atoms with Crippen molar-refractivity contribution in [1.29, 1.82) is 0 Å². The summed E-state index contributed by atoms with van der Waals surface area (Å²) < 4.78 is 0. The second kappa shape index (κ2) is 7.56. The summed E-state index contributed by atoms with van der Waals surface area (Å²) >= 11 is 12.4. The Morgan fingerprint density at radius 1 is 0.792 bits per heavy atom. The molecule has 0 aliphatic heterocycles. The van der Waals surface area contributed by atoms with Crippen molar-refractivity contribution in [2.75, 3.05) is 11.1 Å². The van der Waals surface area contributed by atoms with Crippen molar-refractivity contribution in [3.8, 4) is 0 Å². The number of pyridine rings is 1. The largest absolute Gasteiger partial charge is 0.383 e. The second-order valence-electron chi connectivity index (χ2n) is 5.45. The van der Waals surface area contributed by atoms with Gasteiger partial charge in [0.25, 0.3) is 0 Å². The Morgan fingerprint density at radius 3 is 2.04 bits per heavy atom. The zero-order valence-electron chi connectivity index (χ0n) is 13.0. The van der Waals surface area contributed by atoms with E-state index in [1.165, 1.54) is 0 Å². The zero-order chi connectivity index (χ0) is 16.9. The van der Waals surface area contributed by atoms with E-state index in [4.69, 9.17) is 28.9 Å². The summed E-state index contributed by atoms with van der Waals surface area (Å²) in [5.41, 5.74) is 9.09. The van der Waals surface area contributed by atoms with Gasteiger partial charge in [-0.3, -0.25) is 0 Å². The SMILES string of the molecule is Nc1nc(NCc2ccccc2Cl)ccc1Cc1ccccc1Cl. The van der Waals surface area contributed by atoms with Gasteiger partial charge in [0.05, 0.1) is 0 Å². The topological polar surface area (TPSA) is 50.9 Å². The van der Waals surface area contributed by atoms with Crippen LogP contribution in [0.2, 0.25) is 10.0 Å². The first-order chi connectivity index (χ1) is 11.6. The molecule has 122 valence electrons. The molecule has 0 fully saturated rings. The van der Waals surface area contributed by atoms with E-state index in [1.54, 1.807) is 0 Å². The number of hydrogen-bond donors (Lipinski definition) is 2. The van der Waals surface area contributed by atoms with Crippen LogP contribution in [-0.2, 0) is 13.0 Å². The van der Waals surface area contributed by atoms with Gasteiger partial charge in [-0.05, 0) is 34.9 Å². The van der Waals surface area contributed by atoms with Crippen molar-refractivity contribution in [2.24, 2.45) is 0 Å². The molecule has 0 amide bonds. The van der Waals surface area contributed by atoms with Gasteiger partial charge in [0.2, 0.25) is 0 Å². The van der Waals surface area contributed by atoms with E-state index in [2.05, 4.69) is 10.3 Å². The Bertz CT molecular complexity index is 850. The molecule has 24 heavy (non-hydrogen) atoms. The van der Waals surface area contributed by atoms with Gasteiger partial charge >= 0.3 is 0 Å². The van der Waals surface area contributed by atoms with Crippen LogP contribution in [0.25, 0.3) is 0 Å². The monoisotopic (exact) mass is 357 g/mol. The minimum atomic E-state index is 0.499. The lowest BCUT2D eigenvalue weighted by Gasteiger charge is -2.11. The summed E-state index contributed by atoms with van der Waals surface area (Å²) in [5.74, 6) is 1.22. The molecule has 0 aliphatic rings. The van der Waals surface area contributed by atoms with Gasteiger partial charge in [0.1, 0.15) is 11.6 Å². The van der Waals surface area contributed by atoms with Crippen LogP contribution in [0.3, 0.4) is 0 Å². The van der Waals surface area contributed by atoms with Crippen molar-refractivity contribution in [3.63, 3.8) is 0 Å². The Kier molecular flexibility index (Phi) is 5.24. The maximum absolute atomic E-state index is 6.20. The smallest absolute Gasteiger partial charge is 0.129 e. The highest BCUT2D eigenvalue weighted by molar-refractivity contribution is 6.31. The van der Waals surface area contributed by atoms with Crippen molar-refractivity contribution in [1.82, 2.24) is 4.98 Å². The molecule has 3 N–H and O–H groups in total. The van der Waals surface area contributed by atoms with Gasteiger partial charge in [0.15, 0.2) is 0 Å². The van der Waals surface area contributed by atoms with E-state index in [9.17, 15) is 0 Å². The molecular weight excluding hydrogens is 341 g/mol. The molecule has 0 spiro atoms. The Morgan fingerprint density at radius 2 is 1.42 bits per heavy atom. The summed E-state index contributed by atoms with van der Waals surface area (Å²) in [6.07, 6.45) is 0.656. The number of nitrogens with zero attached hydrogens (tertiary/aromatic N) is 1. The predicted molar refractivity (Wildman–Crippen MR) is 102 cm³/mol. The molecule has 0 bridgehead atoms. The number of nitrogens with two attached hydrogens (primary N) is 1. The van der Waals surface area contributed by atoms with Crippen molar-refractivity contribution in [3.05, 3.63) is 87.4 Å². The number of nitrogen functional groups attached to an aromatic ring is 1. The van der Waals surface area contributed by atoms with Crippen LogP contribution in [-0.4, -0.2) is 4.98 Å². The van der Waals surface area contributed by atoms with E-state index in [1.807, 2.05) is 60.7 Å². The van der Waals surface area contributed by atoms with E-state index in [0.29, 0.717) is 18.8 Å². The van der Waals surface area contributed by atoms with Crippen LogP contribution in [0.4, 0.5) is 11.6 Å². The number of hydrogen-bond acceptors (Lipinski definition) is 3. The summed E-state index contributed by atoms with van der Waals surface area (Å²) in [4.78, 5) is 4.42. The first-order valence-electron chi connectivity index (χ1n) is 7.59. The molecule has 0 radical (unpaired) electrons. The minimum Gasteiger partial charge on any atom is -0.383 e. The average Bonchev–Trinajstić information content (AvgIpc) is 2.58. The molecule has 5 heteroatoms. The van der Waals surface area contributed by atoms with Crippen LogP contribution in [0.5, 0.6) is 0 Å². The van der Waals surface area contributed by atoms with Crippen molar-refractivity contribution >= 4 is 34.8 Å². The molecule has 0 unspecified atom stereocenters. The van der Waals surface area contributed by atoms with Crippen LogP contribution in [0.15, 0.2) is 60.7 Å². The Labute approximate surface area is 151 Å². The standard InChI is InChI=1S/C19H17Cl2N3/c20-16-7-3-1-5-13(16)11-14-9-10-18(24-19(14)22)23-12-15-6-2-4-8-17(15)21/h1-10H,11-12H2,(H3,22,23,24). The van der Waals surface area contributed by atoms with Crippen LogP contribution in [0, 0.1) is 0 Å². The highest BCUT2D eigenvalue weighted by atomic mass is 35.5. The number of rotatable bonds is 5. The summed E-state index contributed by atoms with van der Waals surface area (Å²) in [6, 6.07) is 19.3.